The van der Waals surface area contributed by atoms with Crippen molar-refractivity contribution < 1.29 is 9.32 Å². The van der Waals surface area contributed by atoms with Gasteiger partial charge in [0.2, 0.25) is 5.91 Å². The lowest BCUT2D eigenvalue weighted by Gasteiger charge is -2.07. The first-order valence-corrected chi connectivity index (χ1v) is 6.25. The zero-order valence-corrected chi connectivity index (χ0v) is 11.6. The van der Waals surface area contributed by atoms with Gasteiger partial charge in [0.25, 0.3) is 0 Å². The van der Waals surface area contributed by atoms with E-state index >= 15 is 0 Å². The van der Waals surface area contributed by atoms with Gasteiger partial charge in [-0.15, -0.1) is 0 Å². The van der Waals surface area contributed by atoms with Crippen LogP contribution in [0.2, 0.25) is 0 Å². The van der Waals surface area contributed by atoms with Crippen LogP contribution in [0.25, 0.3) is 0 Å². The lowest BCUT2D eigenvalue weighted by atomic mass is 10.1. The molecule has 2 aromatic heterocycles. The van der Waals surface area contributed by atoms with Crippen LogP contribution in [0.1, 0.15) is 29.1 Å². The van der Waals surface area contributed by atoms with Gasteiger partial charge in [-0.2, -0.15) is 4.98 Å². The summed E-state index contributed by atoms with van der Waals surface area (Å²) in [6.07, 6.45) is 0.783. The zero-order chi connectivity index (χ0) is 14.7. The molecule has 0 bridgehead atoms. The second kappa shape index (κ2) is 5.68. The van der Waals surface area contributed by atoms with Crippen molar-refractivity contribution in [1.82, 2.24) is 15.1 Å². The van der Waals surface area contributed by atoms with Gasteiger partial charge in [0.1, 0.15) is 5.76 Å². The number of carbonyl (C=O) groups is 1. The number of aromatic nitrogens is 3. The van der Waals surface area contributed by atoms with E-state index in [-0.39, 0.29) is 18.0 Å². The number of carbonyl (C=O) groups excluding carboxylic acids is 1. The Labute approximate surface area is 115 Å². The molecule has 0 aliphatic carbocycles. The Balaban J connectivity index is 1.98. The Bertz CT molecular complexity index is 661. The molecule has 0 fully saturated rings. The van der Waals surface area contributed by atoms with Gasteiger partial charge >= 0.3 is 5.69 Å². The molecule has 20 heavy (non-hydrogen) atoms. The van der Waals surface area contributed by atoms with Gasteiger partial charge in [-0.1, -0.05) is 5.16 Å². The molecule has 1 amide bonds. The highest BCUT2D eigenvalue weighted by Gasteiger charge is 2.10. The van der Waals surface area contributed by atoms with Crippen LogP contribution in [0.5, 0.6) is 0 Å². The average Bonchev–Trinajstić information content (AvgIpc) is 2.73. The SMILES string of the molecule is Cc1cc(NC(=O)CCc2c(C)nc(=O)[nH]c2C)no1. The summed E-state index contributed by atoms with van der Waals surface area (Å²) in [5.74, 6) is 0.876. The number of rotatable bonds is 4. The van der Waals surface area contributed by atoms with Gasteiger partial charge < -0.3 is 14.8 Å². The lowest BCUT2D eigenvalue weighted by molar-refractivity contribution is -0.116. The third kappa shape index (κ3) is 3.31. The Morgan fingerprint density at radius 1 is 1.40 bits per heavy atom. The van der Waals surface area contributed by atoms with E-state index < -0.39 is 0 Å². The van der Waals surface area contributed by atoms with E-state index in [9.17, 15) is 9.59 Å². The van der Waals surface area contributed by atoms with E-state index in [1.165, 1.54) is 0 Å². The van der Waals surface area contributed by atoms with Gasteiger partial charge in [-0.25, -0.2) is 4.79 Å². The van der Waals surface area contributed by atoms with E-state index in [1.54, 1.807) is 26.8 Å². The van der Waals surface area contributed by atoms with Crippen LogP contribution in [0.3, 0.4) is 0 Å². The summed E-state index contributed by atoms with van der Waals surface area (Å²) in [7, 11) is 0. The van der Waals surface area contributed by atoms with Crippen molar-refractivity contribution in [2.45, 2.75) is 33.6 Å². The predicted molar refractivity (Wildman–Crippen MR) is 72.5 cm³/mol. The van der Waals surface area contributed by atoms with Gasteiger partial charge in [0.15, 0.2) is 5.82 Å². The Kier molecular flexibility index (Phi) is 3.97. The summed E-state index contributed by atoms with van der Waals surface area (Å²) in [4.78, 5) is 29.4. The molecule has 0 aliphatic rings. The van der Waals surface area contributed by atoms with Crippen molar-refractivity contribution in [3.8, 4) is 0 Å². The highest BCUT2D eigenvalue weighted by molar-refractivity contribution is 5.89. The van der Waals surface area contributed by atoms with Crippen molar-refractivity contribution in [3.05, 3.63) is 39.3 Å². The Morgan fingerprint density at radius 3 is 2.75 bits per heavy atom. The van der Waals surface area contributed by atoms with Crippen molar-refractivity contribution in [1.29, 1.82) is 0 Å². The number of hydrogen-bond acceptors (Lipinski definition) is 5. The van der Waals surface area contributed by atoms with Crippen LogP contribution in [0.15, 0.2) is 15.4 Å². The van der Waals surface area contributed by atoms with E-state index in [2.05, 4.69) is 20.4 Å². The van der Waals surface area contributed by atoms with E-state index in [1.807, 2.05) is 0 Å². The topological polar surface area (TPSA) is 101 Å². The number of anilines is 1. The smallest absolute Gasteiger partial charge is 0.345 e. The molecule has 2 rings (SSSR count). The third-order valence-electron chi connectivity index (χ3n) is 2.95. The number of nitrogens with one attached hydrogen (secondary N) is 2. The molecule has 7 nitrogen and oxygen atoms in total. The largest absolute Gasteiger partial charge is 0.360 e. The summed E-state index contributed by atoms with van der Waals surface area (Å²) in [5.41, 5.74) is 1.91. The summed E-state index contributed by atoms with van der Waals surface area (Å²) < 4.78 is 4.87. The van der Waals surface area contributed by atoms with Crippen LogP contribution >= 0.6 is 0 Å². The van der Waals surface area contributed by atoms with Crippen LogP contribution in [0.4, 0.5) is 5.82 Å². The molecule has 0 aromatic carbocycles. The lowest BCUT2D eigenvalue weighted by Crippen LogP contribution is -2.18. The first-order valence-electron chi connectivity index (χ1n) is 6.25. The third-order valence-corrected chi connectivity index (χ3v) is 2.95. The van der Waals surface area contributed by atoms with Gasteiger partial charge in [0, 0.05) is 23.9 Å². The number of amides is 1. The number of hydrogen-bond donors (Lipinski definition) is 2. The second-order valence-corrected chi connectivity index (χ2v) is 4.60. The molecular formula is C13H16N4O3. The average molecular weight is 276 g/mol. The molecule has 106 valence electrons. The minimum absolute atomic E-state index is 0.164. The first-order chi connectivity index (χ1) is 9.45. The molecule has 0 aliphatic heterocycles. The van der Waals surface area contributed by atoms with Crippen LogP contribution < -0.4 is 11.0 Å². The predicted octanol–water partition coefficient (Wildman–Crippen LogP) is 1.25. The molecule has 0 radical (unpaired) electrons. The standard InChI is InChI=1S/C13H16N4O3/c1-7-6-11(17-20-7)16-12(18)5-4-10-8(2)14-13(19)15-9(10)3/h6H,4-5H2,1-3H3,(H,14,15,19)(H,16,17,18). The van der Waals surface area contributed by atoms with E-state index in [0.717, 1.165) is 11.3 Å². The molecule has 2 heterocycles. The van der Waals surface area contributed by atoms with Gasteiger partial charge in [-0.3, -0.25) is 4.79 Å². The Hall–Kier alpha value is -2.44. The number of aryl methyl sites for hydroxylation is 3. The fourth-order valence-electron chi connectivity index (χ4n) is 1.99. The van der Waals surface area contributed by atoms with Crippen molar-refractivity contribution in [2.75, 3.05) is 5.32 Å². The van der Waals surface area contributed by atoms with Gasteiger partial charge in [-0.05, 0) is 32.8 Å². The van der Waals surface area contributed by atoms with Gasteiger partial charge in [0.05, 0.1) is 0 Å². The maximum atomic E-state index is 11.8. The van der Waals surface area contributed by atoms with Crippen LogP contribution in [-0.4, -0.2) is 21.0 Å². The first kappa shape index (κ1) is 14.0. The number of nitrogens with zero attached hydrogens (tertiary/aromatic N) is 2. The zero-order valence-electron chi connectivity index (χ0n) is 11.6. The maximum Gasteiger partial charge on any atom is 0.345 e. The molecule has 0 spiro atoms. The molecule has 2 N–H and O–H groups in total. The van der Waals surface area contributed by atoms with Crippen LogP contribution in [0, 0.1) is 20.8 Å². The highest BCUT2D eigenvalue weighted by atomic mass is 16.5. The van der Waals surface area contributed by atoms with Crippen molar-refractivity contribution in [2.24, 2.45) is 0 Å². The maximum absolute atomic E-state index is 11.8. The fourth-order valence-corrected chi connectivity index (χ4v) is 1.99. The summed E-state index contributed by atoms with van der Waals surface area (Å²) in [5, 5.41) is 6.34. The van der Waals surface area contributed by atoms with Crippen molar-refractivity contribution >= 4 is 11.7 Å². The minimum atomic E-state index is -0.369. The molecule has 2 aromatic rings. The molecule has 7 heteroatoms. The molecule has 0 saturated heterocycles. The van der Waals surface area contributed by atoms with E-state index in [0.29, 0.717) is 23.7 Å². The second-order valence-electron chi connectivity index (χ2n) is 4.60. The quantitative estimate of drug-likeness (QED) is 0.875. The molecule has 0 atom stereocenters. The molecular weight excluding hydrogens is 260 g/mol. The minimum Gasteiger partial charge on any atom is -0.360 e. The van der Waals surface area contributed by atoms with Crippen molar-refractivity contribution in [3.63, 3.8) is 0 Å². The van der Waals surface area contributed by atoms with E-state index in [4.69, 9.17) is 4.52 Å². The number of aromatic amines is 1. The highest BCUT2D eigenvalue weighted by Crippen LogP contribution is 2.11. The Morgan fingerprint density at radius 2 is 2.15 bits per heavy atom. The number of H-pyrrole nitrogens is 1. The summed E-state index contributed by atoms with van der Waals surface area (Å²) >= 11 is 0. The monoisotopic (exact) mass is 276 g/mol. The van der Waals surface area contributed by atoms with Crippen LogP contribution in [-0.2, 0) is 11.2 Å². The molecule has 0 unspecified atom stereocenters. The molecule has 0 saturated carbocycles. The fraction of sp³-hybridized carbons (Fsp3) is 0.385. The summed E-state index contributed by atoms with van der Waals surface area (Å²) in [6, 6.07) is 1.65. The normalized spacial score (nSPS) is 10.6. The summed E-state index contributed by atoms with van der Waals surface area (Å²) in [6.45, 7) is 5.31.